The number of anilines is 3. The number of unbranched alkanes of at least 4 members (excludes halogenated alkanes) is 1. The second-order valence-electron chi connectivity index (χ2n) is 4.52. The van der Waals surface area contributed by atoms with E-state index < -0.39 is 0 Å². The number of nitrogens with one attached hydrogen (secondary N) is 2. The minimum absolute atomic E-state index is 0.526. The van der Waals surface area contributed by atoms with Crippen molar-refractivity contribution in [2.45, 2.75) is 19.8 Å². The van der Waals surface area contributed by atoms with Crippen LogP contribution in [0, 0.1) is 0 Å². The predicted molar refractivity (Wildman–Crippen MR) is 86.7 cm³/mol. The molecule has 6 heteroatoms. The molecule has 0 radical (unpaired) electrons. The smallest absolute Gasteiger partial charge is 0.229 e. The van der Waals surface area contributed by atoms with Gasteiger partial charge in [0.1, 0.15) is 11.6 Å². The highest BCUT2D eigenvalue weighted by Crippen LogP contribution is 2.28. The van der Waals surface area contributed by atoms with Crippen molar-refractivity contribution in [3.05, 3.63) is 35.5 Å². The van der Waals surface area contributed by atoms with Gasteiger partial charge in [0.15, 0.2) is 0 Å². The van der Waals surface area contributed by atoms with E-state index in [9.17, 15) is 0 Å². The van der Waals surface area contributed by atoms with Gasteiger partial charge >= 0.3 is 0 Å². The van der Waals surface area contributed by atoms with E-state index in [4.69, 9.17) is 16.3 Å². The number of halogens is 1. The highest BCUT2D eigenvalue weighted by atomic mass is 35.5. The molecule has 0 bridgehead atoms. The lowest BCUT2D eigenvalue weighted by atomic mass is 10.3. The number of benzene rings is 1. The SMILES string of the molecule is CCCCNc1ccnc(Nc2ccc(OC)c(Cl)c2)n1. The van der Waals surface area contributed by atoms with Crippen LogP contribution in [0.3, 0.4) is 0 Å². The van der Waals surface area contributed by atoms with Crippen LogP contribution in [-0.2, 0) is 0 Å². The van der Waals surface area contributed by atoms with E-state index in [1.54, 1.807) is 25.4 Å². The monoisotopic (exact) mass is 306 g/mol. The van der Waals surface area contributed by atoms with Crippen LogP contribution in [-0.4, -0.2) is 23.6 Å². The summed E-state index contributed by atoms with van der Waals surface area (Å²) in [5.41, 5.74) is 0.812. The predicted octanol–water partition coefficient (Wildman–Crippen LogP) is 4.09. The molecule has 1 aromatic heterocycles. The molecule has 5 nitrogen and oxygen atoms in total. The molecule has 0 aliphatic carbocycles. The second-order valence-corrected chi connectivity index (χ2v) is 4.93. The van der Waals surface area contributed by atoms with Gasteiger partial charge in [0.25, 0.3) is 0 Å². The highest BCUT2D eigenvalue weighted by Gasteiger charge is 2.04. The summed E-state index contributed by atoms with van der Waals surface area (Å²) in [6, 6.07) is 7.29. The zero-order chi connectivity index (χ0) is 15.1. The fraction of sp³-hybridized carbons (Fsp3) is 0.333. The maximum atomic E-state index is 6.09. The molecular formula is C15H19ClN4O. The molecule has 2 N–H and O–H groups in total. The first-order chi connectivity index (χ1) is 10.2. The van der Waals surface area contributed by atoms with E-state index in [-0.39, 0.29) is 0 Å². The molecule has 0 atom stereocenters. The number of aromatic nitrogens is 2. The van der Waals surface area contributed by atoms with Crippen molar-refractivity contribution in [1.29, 1.82) is 0 Å². The van der Waals surface area contributed by atoms with Gasteiger partial charge in [0.2, 0.25) is 5.95 Å². The van der Waals surface area contributed by atoms with Gasteiger partial charge < -0.3 is 15.4 Å². The average molecular weight is 307 g/mol. The van der Waals surface area contributed by atoms with Crippen LogP contribution in [0.25, 0.3) is 0 Å². The third kappa shape index (κ3) is 4.49. The van der Waals surface area contributed by atoms with Gasteiger partial charge in [0.05, 0.1) is 12.1 Å². The van der Waals surface area contributed by atoms with Gasteiger partial charge in [-0.2, -0.15) is 4.98 Å². The van der Waals surface area contributed by atoms with E-state index >= 15 is 0 Å². The van der Waals surface area contributed by atoms with Crippen molar-refractivity contribution in [2.24, 2.45) is 0 Å². The first kappa shape index (κ1) is 15.4. The number of hydrogen-bond donors (Lipinski definition) is 2. The van der Waals surface area contributed by atoms with E-state index in [1.165, 1.54) is 0 Å². The number of hydrogen-bond acceptors (Lipinski definition) is 5. The summed E-state index contributed by atoms with van der Waals surface area (Å²) in [6.07, 6.45) is 3.98. The Labute approximate surface area is 129 Å². The quantitative estimate of drug-likeness (QED) is 0.754. The maximum absolute atomic E-state index is 6.09. The first-order valence-electron chi connectivity index (χ1n) is 6.90. The van der Waals surface area contributed by atoms with Gasteiger partial charge in [0, 0.05) is 18.4 Å². The van der Waals surface area contributed by atoms with Gasteiger partial charge in [-0.05, 0) is 30.7 Å². The third-order valence-electron chi connectivity index (χ3n) is 2.90. The van der Waals surface area contributed by atoms with Crippen LogP contribution in [0.4, 0.5) is 17.5 Å². The Bertz CT molecular complexity index is 592. The molecule has 1 heterocycles. The Morgan fingerprint density at radius 1 is 1.29 bits per heavy atom. The topological polar surface area (TPSA) is 59.1 Å². The lowest BCUT2D eigenvalue weighted by Crippen LogP contribution is -2.05. The molecule has 112 valence electrons. The minimum atomic E-state index is 0.526. The van der Waals surface area contributed by atoms with E-state index in [1.807, 2.05) is 12.1 Å². The van der Waals surface area contributed by atoms with Gasteiger partial charge in [-0.1, -0.05) is 24.9 Å². The van der Waals surface area contributed by atoms with Crippen LogP contribution in [0.2, 0.25) is 5.02 Å². The van der Waals surface area contributed by atoms with Crippen molar-refractivity contribution < 1.29 is 4.74 Å². The standard InChI is InChI=1S/C15H19ClN4O/c1-3-4-8-17-14-7-9-18-15(20-14)19-11-5-6-13(21-2)12(16)10-11/h5-7,9-10H,3-4,8H2,1-2H3,(H2,17,18,19,20). The van der Waals surface area contributed by atoms with Crippen LogP contribution < -0.4 is 15.4 Å². The fourth-order valence-corrected chi connectivity index (χ4v) is 2.04. The molecule has 0 aliphatic heterocycles. The molecule has 0 unspecified atom stereocenters. The lowest BCUT2D eigenvalue weighted by Gasteiger charge is -2.09. The van der Waals surface area contributed by atoms with E-state index in [0.717, 1.165) is 30.9 Å². The number of methoxy groups -OCH3 is 1. The lowest BCUT2D eigenvalue weighted by molar-refractivity contribution is 0.415. The molecular weight excluding hydrogens is 288 g/mol. The molecule has 0 saturated carbocycles. The average Bonchev–Trinajstić information content (AvgIpc) is 2.48. The zero-order valence-corrected chi connectivity index (χ0v) is 12.9. The van der Waals surface area contributed by atoms with Gasteiger partial charge in [-0.3, -0.25) is 0 Å². The molecule has 0 saturated heterocycles. The number of ether oxygens (including phenoxy) is 1. The Balaban J connectivity index is 2.05. The minimum Gasteiger partial charge on any atom is -0.495 e. The summed E-state index contributed by atoms with van der Waals surface area (Å²) in [6.45, 7) is 3.06. The van der Waals surface area contributed by atoms with E-state index in [0.29, 0.717) is 16.7 Å². The van der Waals surface area contributed by atoms with E-state index in [2.05, 4.69) is 27.5 Å². The zero-order valence-electron chi connectivity index (χ0n) is 12.2. The fourth-order valence-electron chi connectivity index (χ4n) is 1.78. The van der Waals surface area contributed by atoms with Crippen LogP contribution in [0.1, 0.15) is 19.8 Å². The summed E-state index contributed by atoms with van der Waals surface area (Å²) < 4.78 is 5.12. The molecule has 21 heavy (non-hydrogen) atoms. The van der Waals surface area contributed by atoms with Crippen LogP contribution >= 0.6 is 11.6 Å². The molecule has 1 aromatic carbocycles. The summed E-state index contributed by atoms with van der Waals surface area (Å²) in [5, 5.41) is 6.93. The van der Waals surface area contributed by atoms with Gasteiger partial charge in [-0.15, -0.1) is 0 Å². The van der Waals surface area contributed by atoms with Crippen molar-refractivity contribution in [3.8, 4) is 5.75 Å². The molecule has 2 rings (SSSR count). The van der Waals surface area contributed by atoms with Gasteiger partial charge in [-0.25, -0.2) is 4.98 Å². The first-order valence-corrected chi connectivity index (χ1v) is 7.28. The maximum Gasteiger partial charge on any atom is 0.229 e. The number of rotatable bonds is 7. The molecule has 0 amide bonds. The summed E-state index contributed by atoms with van der Waals surface area (Å²) in [5.74, 6) is 1.97. The molecule has 0 spiro atoms. The van der Waals surface area contributed by atoms with Crippen molar-refractivity contribution >= 4 is 29.1 Å². The summed E-state index contributed by atoms with van der Waals surface area (Å²) in [7, 11) is 1.59. The largest absolute Gasteiger partial charge is 0.495 e. The van der Waals surface area contributed by atoms with Crippen LogP contribution in [0.15, 0.2) is 30.5 Å². The Morgan fingerprint density at radius 3 is 2.86 bits per heavy atom. The molecule has 2 aromatic rings. The van der Waals surface area contributed by atoms with Crippen molar-refractivity contribution in [1.82, 2.24) is 9.97 Å². The van der Waals surface area contributed by atoms with Crippen LogP contribution in [0.5, 0.6) is 5.75 Å². The Morgan fingerprint density at radius 2 is 2.14 bits per heavy atom. The Hall–Kier alpha value is -2.01. The number of nitrogens with zero attached hydrogens (tertiary/aromatic N) is 2. The normalized spacial score (nSPS) is 10.2. The highest BCUT2D eigenvalue weighted by molar-refractivity contribution is 6.32. The summed E-state index contributed by atoms with van der Waals surface area (Å²) >= 11 is 6.09. The Kier molecular flexibility index (Phi) is 5.63. The molecule has 0 fully saturated rings. The second kappa shape index (κ2) is 7.69. The van der Waals surface area contributed by atoms with Crippen molar-refractivity contribution in [2.75, 3.05) is 24.3 Å². The third-order valence-corrected chi connectivity index (χ3v) is 3.20. The van der Waals surface area contributed by atoms with Crippen molar-refractivity contribution in [3.63, 3.8) is 0 Å². The molecule has 0 aliphatic rings. The summed E-state index contributed by atoms with van der Waals surface area (Å²) in [4.78, 5) is 8.60.